The number of nitrogens with two attached hydrogens (primary N) is 1. The van der Waals surface area contributed by atoms with E-state index in [4.69, 9.17) is 5.73 Å². The summed E-state index contributed by atoms with van der Waals surface area (Å²) in [6.45, 7) is 15.7. The van der Waals surface area contributed by atoms with E-state index in [9.17, 15) is 24.3 Å². The van der Waals surface area contributed by atoms with Gasteiger partial charge >= 0.3 is 5.97 Å². The van der Waals surface area contributed by atoms with E-state index in [2.05, 4.69) is 47.6 Å². The standard InChI is InChI=1S/C16H15N5O6S2.C12H27N/c1-3-7-4-28-14-10(13(24)21(14)11(7)15(25)26)19-12(23)9(20-27-6(2)22)8-5-29-16(17)18-8;1-4-7-10-13(11-8-5-2)12-9-6-3/h3,5,10,14H,1,4H2,2H3,(H2,17,18)(H,19,23)(H,25,26);4-12H2,1-3H3/b20-9-;/t10-,14-;/m1./s1. The van der Waals surface area contributed by atoms with Crippen molar-refractivity contribution in [2.24, 2.45) is 5.16 Å². The van der Waals surface area contributed by atoms with Gasteiger partial charge in [-0.2, -0.15) is 0 Å². The number of thiazole rings is 1. The Balaban J connectivity index is 0.000000401. The van der Waals surface area contributed by atoms with Crippen LogP contribution in [0.3, 0.4) is 0 Å². The number of quaternary nitrogens is 1. The highest BCUT2D eigenvalue weighted by Gasteiger charge is 2.53. The predicted octanol–water partition coefficient (Wildman–Crippen LogP) is 0.854. The number of carbonyl (C=O) groups is 4. The van der Waals surface area contributed by atoms with Crippen LogP contribution in [0.1, 0.15) is 71.9 Å². The number of oxime groups is 1. The molecule has 3 rings (SSSR count). The maximum Gasteiger partial charge on any atom is 0.332 e. The number of rotatable bonds is 15. The van der Waals surface area contributed by atoms with E-state index >= 15 is 0 Å². The van der Waals surface area contributed by atoms with Crippen molar-refractivity contribution in [3.63, 3.8) is 0 Å². The molecule has 3 heterocycles. The SMILES string of the molecule is C=CC1=C(C(=O)[O-])N2C(=O)[C@@H](NC(=O)/C(=N\OC(C)=O)c3csc(N)n3)[C@H]2SC1.CCCC[NH+](CCCC)CCCC. The minimum Gasteiger partial charge on any atom is -0.543 e. The number of β-lactam (4-membered cyclic amide) rings is 1. The number of aliphatic carboxylic acids is 1. The molecule has 0 bridgehead atoms. The first kappa shape index (κ1) is 35.0. The molecule has 2 atom stereocenters. The molecule has 0 aliphatic carbocycles. The van der Waals surface area contributed by atoms with Gasteiger partial charge < -0.3 is 30.7 Å². The number of fused-ring (bicyclic) bond motifs is 1. The van der Waals surface area contributed by atoms with Crippen molar-refractivity contribution >= 4 is 57.7 Å². The van der Waals surface area contributed by atoms with Gasteiger partial charge in [0.2, 0.25) is 0 Å². The summed E-state index contributed by atoms with van der Waals surface area (Å²) in [5, 5.41) is 18.4. The molecule has 14 heteroatoms. The third kappa shape index (κ3) is 9.66. The second kappa shape index (κ2) is 17.7. The number of allylic oxidation sites excluding steroid dienone is 1. The molecular formula is C28H42N6O6S2. The third-order valence-corrected chi connectivity index (χ3v) is 8.60. The molecule has 232 valence electrons. The fourth-order valence-electron chi connectivity index (χ4n) is 4.36. The molecule has 12 nitrogen and oxygen atoms in total. The minimum atomic E-state index is -1.50. The Labute approximate surface area is 255 Å². The Bertz CT molecular complexity index is 1160. The molecule has 0 saturated carbocycles. The van der Waals surface area contributed by atoms with Gasteiger partial charge in [-0.1, -0.05) is 57.8 Å². The Kier molecular flexibility index (Phi) is 14.7. The van der Waals surface area contributed by atoms with Crippen LogP contribution in [-0.2, 0) is 24.0 Å². The average Bonchev–Trinajstić information content (AvgIpc) is 3.40. The molecule has 1 aromatic rings. The summed E-state index contributed by atoms with van der Waals surface area (Å²) in [7, 11) is 0. The highest BCUT2D eigenvalue weighted by molar-refractivity contribution is 8.00. The third-order valence-electron chi connectivity index (χ3n) is 6.62. The van der Waals surface area contributed by atoms with Gasteiger partial charge in [-0.3, -0.25) is 14.5 Å². The molecule has 2 amide bonds. The molecule has 0 unspecified atom stereocenters. The lowest BCUT2D eigenvalue weighted by Gasteiger charge is -2.50. The van der Waals surface area contributed by atoms with Gasteiger partial charge in [-0.05, 0) is 24.8 Å². The van der Waals surface area contributed by atoms with Crippen LogP contribution in [0, 0.1) is 0 Å². The number of carboxylic acid groups (broad SMARTS) is 1. The van der Waals surface area contributed by atoms with Crippen molar-refractivity contribution < 1.29 is 34.0 Å². The lowest BCUT2D eigenvalue weighted by Crippen LogP contribution is -3.12. The van der Waals surface area contributed by atoms with Crippen molar-refractivity contribution in [3.8, 4) is 0 Å². The monoisotopic (exact) mass is 622 g/mol. The smallest absolute Gasteiger partial charge is 0.332 e. The van der Waals surface area contributed by atoms with E-state index < -0.39 is 35.2 Å². The number of hydrogen-bond acceptors (Lipinski definition) is 11. The van der Waals surface area contributed by atoms with Crippen LogP contribution < -0.4 is 21.1 Å². The topological polar surface area (TPSA) is 172 Å². The number of anilines is 1. The summed E-state index contributed by atoms with van der Waals surface area (Å²) in [5.41, 5.74) is 5.38. The largest absolute Gasteiger partial charge is 0.543 e. The highest BCUT2D eigenvalue weighted by atomic mass is 32.2. The summed E-state index contributed by atoms with van der Waals surface area (Å²) in [6.07, 6.45) is 9.61. The second-order valence-electron chi connectivity index (χ2n) is 9.88. The van der Waals surface area contributed by atoms with Crippen LogP contribution in [0.5, 0.6) is 0 Å². The first-order valence-corrected chi connectivity index (χ1v) is 16.1. The van der Waals surface area contributed by atoms with Gasteiger partial charge in [0.05, 0.1) is 31.3 Å². The summed E-state index contributed by atoms with van der Waals surface area (Å²) in [4.78, 5) is 59.0. The number of amides is 2. The van der Waals surface area contributed by atoms with Crippen LogP contribution in [-0.4, -0.2) is 76.2 Å². The summed E-state index contributed by atoms with van der Waals surface area (Å²) in [6, 6.07) is -1.01. The van der Waals surface area contributed by atoms with Gasteiger partial charge in [0.15, 0.2) is 10.8 Å². The van der Waals surface area contributed by atoms with Crippen LogP contribution in [0.4, 0.5) is 5.13 Å². The summed E-state index contributed by atoms with van der Waals surface area (Å²) >= 11 is 2.31. The predicted molar refractivity (Wildman–Crippen MR) is 162 cm³/mol. The molecule has 0 spiro atoms. The summed E-state index contributed by atoms with van der Waals surface area (Å²) < 4.78 is 0. The van der Waals surface area contributed by atoms with Gasteiger partial charge in [0, 0.05) is 18.1 Å². The van der Waals surface area contributed by atoms with Gasteiger partial charge in [0.25, 0.3) is 11.8 Å². The first-order chi connectivity index (χ1) is 20.1. The van der Waals surface area contributed by atoms with Crippen molar-refractivity contribution in [2.75, 3.05) is 31.1 Å². The Morgan fingerprint density at radius 2 is 1.81 bits per heavy atom. The van der Waals surface area contributed by atoms with Gasteiger partial charge in [0.1, 0.15) is 17.1 Å². The molecule has 4 N–H and O–H groups in total. The number of nitrogen functional groups attached to an aromatic ring is 1. The fourth-order valence-corrected chi connectivity index (χ4v) is 6.25. The normalized spacial score (nSPS) is 18.1. The van der Waals surface area contributed by atoms with Gasteiger partial charge in [-0.15, -0.1) is 23.1 Å². The fraction of sp³-hybridized carbons (Fsp3) is 0.571. The van der Waals surface area contributed by atoms with Crippen molar-refractivity contribution in [1.82, 2.24) is 15.2 Å². The van der Waals surface area contributed by atoms with E-state index in [1.807, 2.05) is 4.90 Å². The molecular weight excluding hydrogens is 580 g/mol. The maximum atomic E-state index is 12.7. The zero-order valence-corrected chi connectivity index (χ0v) is 26.4. The average molecular weight is 623 g/mol. The van der Waals surface area contributed by atoms with Crippen LogP contribution in [0.2, 0.25) is 0 Å². The number of carboxylic acids is 1. The molecule has 1 fully saturated rings. The lowest BCUT2D eigenvalue weighted by atomic mass is 10.0. The van der Waals surface area contributed by atoms with Gasteiger partial charge in [-0.25, -0.2) is 9.78 Å². The molecule has 0 aromatic carbocycles. The Hall–Kier alpha value is -3.23. The molecule has 42 heavy (non-hydrogen) atoms. The highest BCUT2D eigenvalue weighted by Crippen LogP contribution is 2.40. The lowest BCUT2D eigenvalue weighted by molar-refractivity contribution is -0.900. The van der Waals surface area contributed by atoms with Crippen LogP contribution >= 0.6 is 23.1 Å². The summed E-state index contributed by atoms with van der Waals surface area (Å²) in [5.74, 6) is -3.43. The number of unbranched alkanes of at least 4 members (excludes halogenated alkanes) is 3. The molecule has 0 radical (unpaired) electrons. The van der Waals surface area contributed by atoms with E-state index in [1.54, 1.807) is 0 Å². The molecule has 2 aliphatic rings. The molecule has 2 aliphatic heterocycles. The zero-order chi connectivity index (χ0) is 31.2. The molecule has 1 saturated heterocycles. The second-order valence-corrected chi connectivity index (χ2v) is 11.9. The zero-order valence-electron chi connectivity index (χ0n) is 24.8. The Morgan fingerprint density at radius 3 is 2.26 bits per heavy atom. The number of carbonyl (C=O) groups excluding carboxylic acids is 4. The molecule has 1 aromatic heterocycles. The maximum absolute atomic E-state index is 12.7. The van der Waals surface area contributed by atoms with Crippen molar-refractivity contribution in [3.05, 3.63) is 35.0 Å². The van der Waals surface area contributed by atoms with E-state index in [0.717, 1.165) is 23.2 Å². The minimum absolute atomic E-state index is 0.0652. The van der Waals surface area contributed by atoms with E-state index in [1.165, 1.54) is 81.4 Å². The van der Waals surface area contributed by atoms with Crippen LogP contribution in [0.25, 0.3) is 0 Å². The number of hydrogen-bond donors (Lipinski definition) is 3. The number of nitrogens with one attached hydrogen (secondary N) is 2. The van der Waals surface area contributed by atoms with Crippen molar-refractivity contribution in [1.29, 1.82) is 0 Å². The van der Waals surface area contributed by atoms with Crippen LogP contribution in [0.15, 0.2) is 34.5 Å². The van der Waals surface area contributed by atoms with Crippen molar-refractivity contribution in [2.45, 2.75) is 77.6 Å². The first-order valence-electron chi connectivity index (χ1n) is 14.2. The number of thioether (sulfide) groups is 1. The quantitative estimate of drug-likeness (QED) is 0.111. The number of aromatic nitrogens is 1. The van der Waals surface area contributed by atoms with E-state index in [0.29, 0.717) is 5.57 Å². The van der Waals surface area contributed by atoms with E-state index in [-0.39, 0.29) is 28.0 Å². The number of nitrogens with zero attached hydrogens (tertiary/aromatic N) is 3. The Morgan fingerprint density at radius 1 is 1.21 bits per heavy atom.